The maximum absolute atomic E-state index is 4.59. The van der Waals surface area contributed by atoms with Crippen molar-refractivity contribution in [2.75, 3.05) is 31.6 Å². The van der Waals surface area contributed by atoms with Gasteiger partial charge in [-0.3, -0.25) is 4.90 Å². The molecular weight excluding hydrogens is 369 g/mol. The highest BCUT2D eigenvalue weighted by atomic mass is 35.5. The van der Waals surface area contributed by atoms with E-state index in [4.69, 9.17) is 0 Å². The standard InChI is InChI=1S/C19H21N5.2ClH/c1-23-9-14-10-24(19-15-7-8-20-18(15)21-12-22-19)11-16(14)17(23)13-5-3-2-4-6-13;;/h2-8,12,14,16-17H,9-11H2,1H3,(H,20,21,22);2*1H/t14-,16+,17-;;/m0../s1. The van der Waals surface area contributed by atoms with Crippen LogP contribution in [0.2, 0.25) is 0 Å². The van der Waals surface area contributed by atoms with Crippen molar-refractivity contribution in [3.05, 3.63) is 54.5 Å². The van der Waals surface area contributed by atoms with E-state index in [1.165, 1.54) is 5.56 Å². The van der Waals surface area contributed by atoms with E-state index in [1.807, 2.05) is 6.20 Å². The van der Waals surface area contributed by atoms with Crippen molar-refractivity contribution in [1.82, 2.24) is 19.9 Å². The Balaban J connectivity index is 0.000000980. The number of nitrogens with zero attached hydrogens (tertiary/aromatic N) is 4. The molecule has 26 heavy (non-hydrogen) atoms. The molecule has 2 aliphatic heterocycles. The van der Waals surface area contributed by atoms with Crippen LogP contribution in [0.5, 0.6) is 0 Å². The van der Waals surface area contributed by atoms with Gasteiger partial charge >= 0.3 is 0 Å². The molecule has 0 saturated carbocycles. The fraction of sp³-hybridized carbons (Fsp3) is 0.368. The second-order valence-electron chi connectivity index (χ2n) is 7.06. The average Bonchev–Trinajstić information content (AvgIpc) is 3.28. The zero-order valence-corrected chi connectivity index (χ0v) is 16.2. The van der Waals surface area contributed by atoms with E-state index in [9.17, 15) is 0 Å². The lowest BCUT2D eigenvalue weighted by atomic mass is 9.90. The highest BCUT2D eigenvalue weighted by Gasteiger charge is 2.46. The summed E-state index contributed by atoms with van der Waals surface area (Å²) in [5.41, 5.74) is 2.36. The summed E-state index contributed by atoms with van der Waals surface area (Å²) < 4.78 is 0. The van der Waals surface area contributed by atoms with Gasteiger partial charge in [-0.1, -0.05) is 30.3 Å². The Morgan fingerprint density at radius 2 is 1.81 bits per heavy atom. The van der Waals surface area contributed by atoms with Crippen LogP contribution >= 0.6 is 24.8 Å². The summed E-state index contributed by atoms with van der Waals surface area (Å²) >= 11 is 0. The molecule has 2 aromatic heterocycles. The van der Waals surface area contributed by atoms with E-state index < -0.39 is 0 Å². The molecule has 0 bridgehead atoms. The SMILES string of the molecule is CN1C[C@H]2CN(c3ncnc4[nH]ccc34)C[C@H]2[C@@H]1c1ccccc1.Cl.Cl. The molecule has 2 aliphatic rings. The first-order chi connectivity index (χ1) is 11.8. The molecule has 0 unspecified atom stereocenters. The highest BCUT2D eigenvalue weighted by molar-refractivity contribution is 5.87. The van der Waals surface area contributed by atoms with Gasteiger partial charge in [0, 0.05) is 37.8 Å². The van der Waals surface area contributed by atoms with Crippen molar-refractivity contribution in [2.45, 2.75) is 6.04 Å². The Bertz CT molecular complexity index is 869. The number of rotatable bonds is 2. The molecule has 0 aliphatic carbocycles. The molecule has 3 atom stereocenters. The molecular formula is C19H23Cl2N5. The third kappa shape index (κ3) is 2.94. The number of hydrogen-bond acceptors (Lipinski definition) is 4. The monoisotopic (exact) mass is 391 g/mol. The third-order valence-corrected chi connectivity index (χ3v) is 5.67. The molecule has 4 heterocycles. The lowest BCUT2D eigenvalue weighted by Gasteiger charge is -2.27. The molecule has 5 rings (SSSR count). The highest BCUT2D eigenvalue weighted by Crippen LogP contribution is 2.45. The van der Waals surface area contributed by atoms with Crippen molar-refractivity contribution in [1.29, 1.82) is 0 Å². The minimum absolute atomic E-state index is 0. The summed E-state index contributed by atoms with van der Waals surface area (Å²) in [6, 6.07) is 13.5. The van der Waals surface area contributed by atoms with Crippen LogP contribution in [-0.4, -0.2) is 46.5 Å². The summed E-state index contributed by atoms with van der Waals surface area (Å²) in [7, 11) is 2.26. The summed E-state index contributed by atoms with van der Waals surface area (Å²) in [5, 5.41) is 1.13. The third-order valence-electron chi connectivity index (χ3n) is 5.67. The van der Waals surface area contributed by atoms with E-state index in [-0.39, 0.29) is 24.8 Å². The first-order valence-corrected chi connectivity index (χ1v) is 8.59. The van der Waals surface area contributed by atoms with Crippen LogP contribution in [0.3, 0.4) is 0 Å². The fourth-order valence-electron chi connectivity index (χ4n) is 4.69. The predicted molar refractivity (Wildman–Crippen MR) is 109 cm³/mol. The number of likely N-dealkylation sites (tertiary alicyclic amines) is 1. The van der Waals surface area contributed by atoms with E-state index in [2.05, 4.69) is 68.2 Å². The summed E-state index contributed by atoms with van der Waals surface area (Å²) in [6.45, 7) is 3.30. The minimum Gasteiger partial charge on any atom is -0.355 e. The molecule has 7 heteroatoms. The van der Waals surface area contributed by atoms with Crippen molar-refractivity contribution >= 4 is 41.7 Å². The number of benzene rings is 1. The lowest BCUT2D eigenvalue weighted by Crippen LogP contribution is -2.29. The normalized spacial score (nSPS) is 25.0. The van der Waals surface area contributed by atoms with Gasteiger partial charge in [0.2, 0.25) is 0 Å². The van der Waals surface area contributed by atoms with Crippen LogP contribution in [-0.2, 0) is 0 Å². The van der Waals surface area contributed by atoms with Gasteiger partial charge in [-0.05, 0) is 24.6 Å². The number of fused-ring (bicyclic) bond motifs is 2. The summed E-state index contributed by atoms with van der Waals surface area (Å²) in [4.78, 5) is 17.1. The Labute approximate surface area is 165 Å². The second-order valence-corrected chi connectivity index (χ2v) is 7.06. The number of nitrogens with one attached hydrogen (secondary N) is 1. The van der Waals surface area contributed by atoms with Gasteiger partial charge in [0.1, 0.15) is 17.8 Å². The van der Waals surface area contributed by atoms with Crippen LogP contribution in [0.4, 0.5) is 5.82 Å². The zero-order valence-electron chi connectivity index (χ0n) is 14.6. The molecule has 3 aromatic rings. The second kappa shape index (κ2) is 7.43. The van der Waals surface area contributed by atoms with Crippen molar-refractivity contribution in [3.63, 3.8) is 0 Å². The van der Waals surface area contributed by atoms with Crippen molar-refractivity contribution < 1.29 is 0 Å². The first-order valence-electron chi connectivity index (χ1n) is 8.59. The summed E-state index contributed by atoms with van der Waals surface area (Å²) in [5.74, 6) is 2.43. The molecule has 5 nitrogen and oxygen atoms in total. The van der Waals surface area contributed by atoms with E-state index in [0.29, 0.717) is 17.9 Å². The van der Waals surface area contributed by atoms with Gasteiger partial charge in [-0.15, -0.1) is 24.8 Å². The Kier molecular flexibility index (Phi) is 5.42. The van der Waals surface area contributed by atoms with E-state index >= 15 is 0 Å². The van der Waals surface area contributed by atoms with Gasteiger partial charge in [0.15, 0.2) is 0 Å². The molecule has 0 amide bonds. The number of aromatic amines is 1. The Hall–Kier alpha value is -1.82. The van der Waals surface area contributed by atoms with Gasteiger partial charge in [-0.2, -0.15) is 0 Å². The largest absolute Gasteiger partial charge is 0.355 e. The topological polar surface area (TPSA) is 48.1 Å². The van der Waals surface area contributed by atoms with Crippen molar-refractivity contribution in [3.8, 4) is 0 Å². The van der Waals surface area contributed by atoms with Gasteiger partial charge in [-0.25, -0.2) is 9.97 Å². The molecule has 1 N–H and O–H groups in total. The smallest absolute Gasteiger partial charge is 0.142 e. The maximum Gasteiger partial charge on any atom is 0.142 e. The molecule has 1 aromatic carbocycles. The number of H-pyrrole nitrogens is 1. The number of halogens is 2. The molecule has 2 fully saturated rings. The van der Waals surface area contributed by atoms with E-state index in [0.717, 1.165) is 36.5 Å². The lowest BCUT2D eigenvalue weighted by molar-refractivity contribution is 0.280. The first kappa shape index (κ1) is 19.0. The van der Waals surface area contributed by atoms with Gasteiger partial charge in [0.05, 0.1) is 5.39 Å². The van der Waals surface area contributed by atoms with Crippen LogP contribution in [0.25, 0.3) is 11.0 Å². The van der Waals surface area contributed by atoms with Crippen LogP contribution in [0.15, 0.2) is 48.9 Å². The minimum atomic E-state index is 0. The number of hydrogen-bond donors (Lipinski definition) is 1. The Morgan fingerprint density at radius 3 is 2.62 bits per heavy atom. The molecule has 138 valence electrons. The van der Waals surface area contributed by atoms with E-state index in [1.54, 1.807) is 6.33 Å². The molecule has 2 saturated heterocycles. The number of anilines is 1. The van der Waals surface area contributed by atoms with Crippen LogP contribution < -0.4 is 4.90 Å². The van der Waals surface area contributed by atoms with Crippen molar-refractivity contribution in [2.24, 2.45) is 11.8 Å². The fourth-order valence-corrected chi connectivity index (χ4v) is 4.69. The molecule has 0 spiro atoms. The zero-order chi connectivity index (χ0) is 16.1. The summed E-state index contributed by atoms with van der Waals surface area (Å²) in [6.07, 6.45) is 3.61. The number of aromatic nitrogens is 3. The predicted octanol–water partition coefficient (Wildman–Crippen LogP) is 3.54. The average molecular weight is 392 g/mol. The van der Waals surface area contributed by atoms with Crippen LogP contribution in [0, 0.1) is 11.8 Å². The van der Waals surface area contributed by atoms with Gasteiger partial charge < -0.3 is 9.88 Å². The van der Waals surface area contributed by atoms with Gasteiger partial charge in [0.25, 0.3) is 0 Å². The maximum atomic E-state index is 4.59. The Morgan fingerprint density at radius 1 is 1.00 bits per heavy atom. The quantitative estimate of drug-likeness (QED) is 0.725. The van der Waals surface area contributed by atoms with Crippen LogP contribution in [0.1, 0.15) is 11.6 Å². The molecule has 0 radical (unpaired) electrons.